The first-order chi connectivity index (χ1) is 17.0. The van der Waals surface area contributed by atoms with Crippen LogP contribution in [0.15, 0.2) is 41.3 Å². The summed E-state index contributed by atoms with van der Waals surface area (Å²) in [5.41, 5.74) is 0.391. The fourth-order valence-corrected chi connectivity index (χ4v) is 4.54. The van der Waals surface area contributed by atoms with E-state index in [-0.39, 0.29) is 29.2 Å². The zero-order valence-corrected chi connectivity index (χ0v) is 18.8. The number of halogens is 9. The molecule has 12 heteroatoms. The van der Waals surface area contributed by atoms with Gasteiger partial charge in [-0.15, -0.1) is 0 Å². The Morgan fingerprint density at radius 3 is 2.14 bits per heavy atom. The van der Waals surface area contributed by atoms with Crippen molar-refractivity contribution in [1.29, 1.82) is 0 Å². The third kappa shape index (κ3) is 4.95. The van der Waals surface area contributed by atoms with Crippen LogP contribution in [0.5, 0.6) is 11.5 Å². The Kier molecular flexibility index (Phi) is 7.35. The van der Waals surface area contributed by atoms with Crippen LogP contribution in [-0.4, -0.2) is 13.3 Å². The lowest BCUT2D eigenvalue weighted by atomic mass is 9.83. The van der Waals surface area contributed by atoms with Gasteiger partial charge in [-0.3, -0.25) is 4.39 Å². The molecule has 4 rings (SSSR count). The molecule has 1 atom stereocenters. The number of fused-ring (bicyclic) bond motifs is 1. The maximum Gasteiger partial charge on any atom is 0.416 e. The lowest BCUT2D eigenvalue weighted by molar-refractivity contribution is -0.137. The molecule has 1 aliphatic heterocycles. The van der Waals surface area contributed by atoms with Gasteiger partial charge in [0.1, 0.15) is 5.75 Å². The van der Waals surface area contributed by atoms with Crippen molar-refractivity contribution in [1.82, 2.24) is 0 Å². The van der Waals surface area contributed by atoms with Crippen molar-refractivity contribution in [2.75, 3.05) is 13.3 Å². The van der Waals surface area contributed by atoms with Gasteiger partial charge in [0.15, 0.2) is 0 Å². The van der Waals surface area contributed by atoms with E-state index in [0.29, 0.717) is 29.6 Å². The van der Waals surface area contributed by atoms with Crippen LogP contribution in [0, 0.1) is 29.1 Å². The second-order valence-corrected chi connectivity index (χ2v) is 8.61. The zero-order chi connectivity index (χ0) is 26.2. The molecular weight excluding hydrogens is 523 g/mol. The molecule has 0 bridgehead atoms. The lowest BCUT2D eigenvalue weighted by Gasteiger charge is -2.28. The molecule has 2 nitrogen and oxygen atoms in total. The Balaban J connectivity index is 1.62. The first-order valence-corrected chi connectivity index (χ1v) is 11.2. The molecule has 1 aliphatic rings. The standard InChI is InChI=1S/C24H15F9O2S/c25-7-5-11-9-12(24(31,32)33)1-3-14(11)15-6-8-34-17-10-13(2-4-16(15)17)36-35-23-21(29)19(27)18(26)20(28)22(23)30/h1-4,9-10,15H,5-8H2. The summed E-state index contributed by atoms with van der Waals surface area (Å²) in [6.45, 7) is -0.685. The molecule has 0 amide bonds. The summed E-state index contributed by atoms with van der Waals surface area (Å²) in [5, 5.41) is 0. The topological polar surface area (TPSA) is 18.5 Å². The van der Waals surface area contributed by atoms with E-state index in [2.05, 4.69) is 0 Å². The first kappa shape index (κ1) is 26.1. The number of alkyl halides is 4. The molecule has 0 spiro atoms. The maximum absolute atomic E-state index is 13.8. The van der Waals surface area contributed by atoms with E-state index in [4.69, 9.17) is 8.92 Å². The molecule has 0 fully saturated rings. The van der Waals surface area contributed by atoms with Crippen LogP contribution in [0.1, 0.15) is 34.6 Å². The van der Waals surface area contributed by atoms with Gasteiger partial charge in [0.25, 0.3) is 0 Å². The van der Waals surface area contributed by atoms with E-state index in [0.717, 1.165) is 12.1 Å². The van der Waals surface area contributed by atoms with Crippen molar-refractivity contribution in [2.45, 2.75) is 29.8 Å². The molecule has 0 aliphatic carbocycles. The minimum absolute atomic E-state index is 0.167. The lowest BCUT2D eigenvalue weighted by Crippen LogP contribution is -2.17. The Bertz CT molecular complexity index is 1260. The summed E-state index contributed by atoms with van der Waals surface area (Å²) in [5.74, 6) is -12.5. The van der Waals surface area contributed by atoms with Crippen LogP contribution < -0.4 is 8.92 Å². The largest absolute Gasteiger partial charge is 0.493 e. The summed E-state index contributed by atoms with van der Waals surface area (Å²) in [4.78, 5) is 0.190. The van der Waals surface area contributed by atoms with Crippen LogP contribution in [0.25, 0.3) is 0 Å². The van der Waals surface area contributed by atoms with Gasteiger partial charge in [-0.2, -0.15) is 22.0 Å². The van der Waals surface area contributed by atoms with E-state index < -0.39 is 59.2 Å². The van der Waals surface area contributed by atoms with E-state index in [9.17, 15) is 39.5 Å². The van der Waals surface area contributed by atoms with Crippen LogP contribution in [0.4, 0.5) is 39.5 Å². The highest BCUT2D eigenvalue weighted by Gasteiger charge is 2.33. The van der Waals surface area contributed by atoms with E-state index in [1.807, 2.05) is 0 Å². The highest BCUT2D eigenvalue weighted by molar-refractivity contribution is 7.95. The van der Waals surface area contributed by atoms with Gasteiger partial charge in [0, 0.05) is 17.9 Å². The van der Waals surface area contributed by atoms with Crippen molar-refractivity contribution in [3.8, 4) is 11.5 Å². The monoisotopic (exact) mass is 538 g/mol. The number of benzene rings is 3. The Morgan fingerprint density at radius 1 is 0.861 bits per heavy atom. The van der Waals surface area contributed by atoms with Crippen molar-refractivity contribution >= 4 is 12.0 Å². The first-order valence-electron chi connectivity index (χ1n) is 10.4. The molecule has 0 N–H and O–H groups in total. The second-order valence-electron chi connectivity index (χ2n) is 7.81. The molecule has 3 aromatic rings. The molecule has 36 heavy (non-hydrogen) atoms. The zero-order valence-electron chi connectivity index (χ0n) is 18.0. The average molecular weight is 538 g/mol. The second kappa shape index (κ2) is 10.2. The van der Waals surface area contributed by atoms with Crippen LogP contribution in [0.3, 0.4) is 0 Å². The van der Waals surface area contributed by atoms with Gasteiger partial charge in [-0.1, -0.05) is 12.1 Å². The van der Waals surface area contributed by atoms with Crippen molar-refractivity contribution < 1.29 is 48.4 Å². The molecule has 1 unspecified atom stereocenters. The minimum Gasteiger partial charge on any atom is -0.493 e. The fraction of sp³-hybridized carbons (Fsp3) is 0.250. The van der Waals surface area contributed by atoms with E-state index in [1.165, 1.54) is 18.2 Å². The Hall–Kier alpha value is -3.02. The quantitative estimate of drug-likeness (QED) is 0.138. The van der Waals surface area contributed by atoms with Crippen LogP contribution in [-0.2, 0) is 12.6 Å². The summed E-state index contributed by atoms with van der Waals surface area (Å²) >= 11 is 0.321. The van der Waals surface area contributed by atoms with Gasteiger partial charge < -0.3 is 8.92 Å². The van der Waals surface area contributed by atoms with Crippen molar-refractivity contribution in [3.05, 3.63) is 87.7 Å². The van der Waals surface area contributed by atoms with Crippen LogP contribution >= 0.6 is 12.0 Å². The van der Waals surface area contributed by atoms with E-state index >= 15 is 0 Å². The number of aryl methyl sites for hydroxylation is 1. The van der Waals surface area contributed by atoms with Gasteiger partial charge >= 0.3 is 6.18 Å². The highest BCUT2D eigenvalue weighted by Crippen LogP contribution is 2.43. The average Bonchev–Trinajstić information content (AvgIpc) is 2.85. The number of ether oxygens (including phenoxy) is 1. The predicted molar refractivity (Wildman–Crippen MR) is 112 cm³/mol. The highest BCUT2D eigenvalue weighted by atomic mass is 32.2. The SMILES string of the molecule is FCCc1cc(C(F)(F)F)ccc1C1CCOc2cc(SOc3c(F)c(F)c(F)c(F)c3F)ccc21. The van der Waals surface area contributed by atoms with Crippen molar-refractivity contribution in [3.63, 3.8) is 0 Å². The molecule has 1 heterocycles. The normalized spacial score (nSPS) is 15.4. The minimum atomic E-state index is -4.58. The molecule has 0 radical (unpaired) electrons. The number of hydrogen-bond acceptors (Lipinski definition) is 3. The molecule has 192 valence electrons. The molecule has 3 aromatic carbocycles. The third-order valence-corrected chi connectivity index (χ3v) is 6.32. The van der Waals surface area contributed by atoms with E-state index in [1.54, 1.807) is 6.07 Å². The van der Waals surface area contributed by atoms with Crippen LogP contribution in [0.2, 0.25) is 0 Å². The molecule has 0 saturated carbocycles. The number of rotatable bonds is 6. The number of hydrogen-bond donors (Lipinski definition) is 0. The predicted octanol–water partition coefficient (Wildman–Crippen LogP) is 7.91. The van der Waals surface area contributed by atoms with Gasteiger partial charge in [-0.05, 0) is 41.8 Å². The van der Waals surface area contributed by atoms with Gasteiger partial charge in [0.05, 0.1) is 35.8 Å². The molecule has 0 aromatic heterocycles. The fourth-order valence-electron chi connectivity index (χ4n) is 3.93. The summed E-state index contributed by atoms with van der Waals surface area (Å²) in [6, 6.07) is 7.52. The summed E-state index contributed by atoms with van der Waals surface area (Å²) in [7, 11) is 0. The maximum atomic E-state index is 13.8. The summed E-state index contributed by atoms with van der Waals surface area (Å²) < 4.78 is 131. The molecule has 0 saturated heterocycles. The molecular formula is C24H15F9O2S. The summed E-state index contributed by atoms with van der Waals surface area (Å²) in [6.07, 6.45) is -4.40. The Labute approximate surface area is 203 Å². The third-order valence-electron chi connectivity index (χ3n) is 5.62. The van der Waals surface area contributed by atoms with Gasteiger partial charge in [0.2, 0.25) is 34.8 Å². The smallest absolute Gasteiger partial charge is 0.416 e. The Morgan fingerprint density at radius 2 is 1.50 bits per heavy atom. The van der Waals surface area contributed by atoms with Gasteiger partial charge in [-0.25, -0.2) is 13.2 Å². The van der Waals surface area contributed by atoms with Crippen molar-refractivity contribution in [2.24, 2.45) is 0 Å².